The van der Waals surface area contributed by atoms with E-state index >= 15 is 0 Å². The van der Waals surface area contributed by atoms with E-state index in [2.05, 4.69) is 15.2 Å². The van der Waals surface area contributed by atoms with Crippen LogP contribution in [0.1, 0.15) is 7.12 Å². The SMILES string of the molecule is Cc1ncc(N2CCN(S(=O)(=O)c3ccsc3)CC2)nc1-c1nnc(-c2ccccc2)o1.[HH]. The fourth-order valence-corrected chi connectivity index (χ4v) is 5.95. The van der Waals surface area contributed by atoms with Crippen LogP contribution in [0, 0.1) is 6.92 Å². The summed E-state index contributed by atoms with van der Waals surface area (Å²) in [6.45, 7) is 3.62. The highest BCUT2D eigenvalue weighted by Crippen LogP contribution is 2.27. The molecule has 0 radical (unpaired) electrons. The van der Waals surface area contributed by atoms with Gasteiger partial charge in [0.25, 0.3) is 5.89 Å². The molecule has 0 saturated carbocycles. The molecule has 4 aromatic rings. The van der Waals surface area contributed by atoms with Crippen LogP contribution in [0.5, 0.6) is 0 Å². The molecule has 0 N–H and O–H groups in total. The molecule has 4 heterocycles. The third-order valence-corrected chi connectivity index (χ3v) is 8.01. The number of aryl methyl sites for hydroxylation is 1. The molecule has 3 aromatic heterocycles. The Labute approximate surface area is 190 Å². The zero-order valence-corrected chi connectivity index (χ0v) is 18.9. The van der Waals surface area contributed by atoms with Gasteiger partial charge in [-0.2, -0.15) is 15.6 Å². The molecule has 32 heavy (non-hydrogen) atoms. The lowest BCUT2D eigenvalue weighted by Gasteiger charge is -2.34. The highest BCUT2D eigenvalue weighted by atomic mass is 32.2. The Bertz CT molecular complexity index is 1320. The number of aromatic nitrogens is 4. The summed E-state index contributed by atoms with van der Waals surface area (Å²) in [5.74, 6) is 1.37. The first kappa shape index (κ1) is 20.7. The molecule has 1 saturated heterocycles. The van der Waals surface area contributed by atoms with Crippen molar-refractivity contribution in [2.24, 2.45) is 0 Å². The molecule has 0 bridgehead atoms. The van der Waals surface area contributed by atoms with Crippen molar-refractivity contribution >= 4 is 27.2 Å². The molecule has 5 rings (SSSR count). The molecule has 0 atom stereocenters. The van der Waals surface area contributed by atoms with Gasteiger partial charge in [0.2, 0.25) is 15.9 Å². The first-order valence-electron chi connectivity index (χ1n) is 10.0. The number of hydrogen-bond acceptors (Lipinski definition) is 9. The maximum absolute atomic E-state index is 12.8. The maximum Gasteiger partial charge on any atom is 0.268 e. The maximum atomic E-state index is 12.8. The van der Waals surface area contributed by atoms with Gasteiger partial charge in [0.15, 0.2) is 5.69 Å². The normalized spacial score (nSPS) is 15.2. The summed E-state index contributed by atoms with van der Waals surface area (Å²) in [4.78, 5) is 11.5. The van der Waals surface area contributed by atoms with Crippen molar-refractivity contribution in [3.05, 3.63) is 59.0 Å². The van der Waals surface area contributed by atoms with Crippen molar-refractivity contribution in [3.8, 4) is 23.0 Å². The van der Waals surface area contributed by atoms with Gasteiger partial charge in [-0.3, -0.25) is 4.98 Å². The molecule has 0 aliphatic carbocycles. The largest absolute Gasteiger partial charge is 0.415 e. The Morgan fingerprint density at radius 3 is 2.50 bits per heavy atom. The second kappa shape index (κ2) is 8.41. The van der Waals surface area contributed by atoms with Gasteiger partial charge < -0.3 is 9.32 Å². The Hall–Kier alpha value is -3.15. The zero-order valence-electron chi connectivity index (χ0n) is 17.2. The van der Waals surface area contributed by atoms with E-state index in [4.69, 9.17) is 9.40 Å². The standard InChI is InChI=1S/C21H20N6O3S2.H2/c1-15-19(21-25-24-20(30-21)16-5-3-2-4-6-16)23-18(13-22-15)26-8-10-27(11-9-26)32(28,29)17-7-12-31-14-17;/h2-7,12-14H,8-11H2,1H3;1H. The van der Waals surface area contributed by atoms with Crippen LogP contribution < -0.4 is 4.90 Å². The smallest absolute Gasteiger partial charge is 0.268 e. The molecular weight excluding hydrogens is 448 g/mol. The molecule has 9 nitrogen and oxygen atoms in total. The number of thiophene rings is 1. The van der Waals surface area contributed by atoms with E-state index in [1.54, 1.807) is 23.0 Å². The van der Waals surface area contributed by atoms with Crippen molar-refractivity contribution in [3.63, 3.8) is 0 Å². The van der Waals surface area contributed by atoms with E-state index in [0.717, 1.165) is 5.56 Å². The van der Waals surface area contributed by atoms with Crippen molar-refractivity contribution in [1.29, 1.82) is 0 Å². The lowest BCUT2D eigenvalue weighted by Crippen LogP contribution is -2.48. The number of sulfonamides is 1. The van der Waals surface area contributed by atoms with Crippen LogP contribution in [0.2, 0.25) is 0 Å². The van der Waals surface area contributed by atoms with Gasteiger partial charge in [-0.1, -0.05) is 18.2 Å². The summed E-state index contributed by atoms with van der Waals surface area (Å²) >= 11 is 1.37. The van der Waals surface area contributed by atoms with Gasteiger partial charge in [-0.25, -0.2) is 13.4 Å². The number of rotatable bonds is 5. The molecule has 0 amide bonds. The van der Waals surface area contributed by atoms with E-state index in [9.17, 15) is 8.42 Å². The number of piperazine rings is 1. The van der Waals surface area contributed by atoms with Crippen molar-refractivity contribution in [2.45, 2.75) is 11.8 Å². The van der Waals surface area contributed by atoms with Gasteiger partial charge in [0.1, 0.15) is 5.82 Å². The highest BCUT2D eigenvalue weighted by molar-refractivity contribution is 7.89. The first-order chi connectivity index (χ1) is 15.5. The summed E-state index contributed by atoms with van der Waals surface area (Å²) in [6.07, 6.45) is 1.69. The fraction of sp³-hybridized carbons (Fsp3) is 0.238. The van der Waals surface area contributed by atoms with Crippen LogP contribution in [0.3, 0.4) is 0 Å². The lowest BCUT2D eigenvalue weighted by molar-refractivity contribution is 0.384. The second-order valence-electron chi connectivity index (χ2n) is 7.29. The number of benzene rings is 1. The van der Waals surface area contributed by atoms with Crippen molar-refractivity contribution in [2.75, 3.05) is 31.1 Å². The van der Waals surface area contributed by atoms with Crippen LogP contribution in [0.25, 0.3) is 23.0 Å². The third-order valence-electron chi connectivity index (χ3n) is 5.29. The molecule has 166 valence electrons. The van der Waals surface area contributed by atoms with Crippen LogP contribution in [-0.2, 0) is 10.0 Å². The number of anilines is 1. The van der Waals surface area contributed by atoms with E-state index in [0.29, 0.717) is 60.1 Å². The van der Waals surface area contributed by atoms with Gasteiger partial charge in [-0.15, -0.1) is 10.2 Å². The van der Waals surface area contributed by atoms with E-state index in [1.807, 2.05) is 42.2 Å². The summed E-state index contributed by atoms with van der Waals surface area (Å²) < 4.78 is 32.9. The average Bonchev–Trinajstić information content (AvgIpc) is 3.53. The Morgan fingerprint density at radius 1 is 1.03 bits per heavy atom. The van der Waals surface area contributed by atoms with Crippen LogP contribution >= 0.6 is 11.3 Å². The summed E-state index contributed by atoms with van der Waals surface area (Å²) in [6, 6.07) is 11.2. The molecule has 1 aliphatic rings. The fourth-order valence-electron chi connectivity index (χ4n) is 3.52. The molecule has 1 aliphatic heterocycles. The van der Waals surface area contributed by atoms with E-state index < -0.39 is 10.0 Å². The van der Waals surface area contributed by atoms with Crippen molar-refractivity contribution in [1.82, 2.24) is 24.5 Å². The second-order valence-corrected chi connectivity index (χ2v) is 10.0. The third kappa shape index (κ3) is 3.90. The van der Waals surface area contributed by atoms with Gasteiger partial charge >= 0.3 is 0 Å². The molecule has 1 aromatic carbocycles. The first-order valence-corrected chi connectivity index (χ1v) is 12.4. The number of nitrogens with zero attached hydrogens (tertiary/aromatic N) is 6. The minimum atomic E-state index is -3.46. The number of hydrogen-bond donors (Lipinski definition) is 0. The van der Waals surface area contributed by atoms with Gasteiger partial charge in [0.05, 0.1) is 16.8 Å². The highest BCUT2D eigenvalue weighted by Gasteiger charge is 2.29. The average molecular weight is 471 g/mol. The zero-order chi connectivity index (χ0) is 22.1. The monoisotopic (exact) mass is 470 g/mol. The Kier molecular flexibility index (Phi) is 5.45. The Morgan fingerprint density at radius 2 is 1.78 bits per heavy atom. The Balaban J connectivity index is 0.00000259. The quantitative estimate of drug-likeness (QED) is 0.437. The van der Waals surface area contributed by atoms with Gasteiger partial charge in [-0.05, 0) is 30.5 Å². The molecule has 0 unspecified atom stereocenters. The predicted octanol–water partition coefficient (Wildman–Crippen LogP) is 3.32. The molecule has 11 heteroatoms. The molecule has 0 spiro atoms. The van der Waals surface area contributed by atoms with Crippen LogP contribution in [0.15, 0.2) is 62.7 Å². The van der Waals surface area contributed by atoms with Crippen LogP contribution in [-0.4, -0.2) is 59.1 Å². The summed E-state index contributed by atoms with van der Waals surface area (Å²) in [5.41, 5.74) is 2.03. The lowest BCUT2D eigenvalue weighted by atomic mass is 10.2. The van der Waals surface area contributed by atoms with Crippen LogP contribution in [0.4, 0.5) is 5.82 Å². The summed E-state index contributed by atoms with van der Waals surface area (Å²) in [5, 5.41) is 11.7. The minimum Gasteiger partial charge on any atom is -0.415 e. The van der Waals surface area contributed by atoms with E-state index in [1.165, 1.54) is 15.6 Å². The molecular formula is C21H22N6O3S2. The van der Waals surface area contributed by atoms with E-state index in [-0.39, 0.29) is 1.43 Å². The minimum absolute atomic E-state index is 0. The van der Waals surface area contributed by atoms with Crippen molar-refractivity contribution < 1.29 is 14.3 Å². The summed E-state index contributed by atoms with van der Waals surface area (Å²) in [7, 11) is -3.46. The van der Waals surface area contributed by atoms with Gasteiger partial charge in [0, 0.05) is 38.5 Å². The molecule has 1 fully saturated rings. The topological polar surface area (TPSA) is 105 Å². The predicted molar refractivity (Wildman–Crippen MR) is 123 cm³/mol.